The average molecular weight is 550 g/mol. The number of carbonyl (C=O) groups is 4. The fourth-order valence-electron chi connectivity index (χ4n) is 4.57. The molecular formula is C30H39N5O5. The second-order valence-electron chi connectivity index (χ2n) is 10.7. The summed E-state index contributed by atoms with van der Waals surface area (Å²) in [6, 6.07) is 14.3. The number of benzodiazepines with no additional fused rings is 1. The number of carbonyl (C=O) groups excluding carboxylic acids is 4. The largest absolute Gasteiger partial charge is 0.467 e. The van der Waals surface area contributed by atoms with E-state index in [2.05, 4.69) is 20.9 Å². The molecule has 0 aliphatic carbocycles. The number of urea groups is 1. The van der Waals surface area contributed by atoms with Crippen molar-refractivity contribution in [2.24, 2.45) is 16.8 Å². The Labute approximate surface area is 235 Å². The average Bonchev–Trinajstić information content (AvgIpc) is 3.02. The molecular weight excluding hydrogens is 510 g/mol. The van der Waals surface area contributed by atoms with Crippen molar-refractivity contribution in [3.8, 4) is 0 Å². The fraction of sp³-hybridized carbons (Fsp3) is 0.433. The predicted octanol–water partition coefficient (Wildman–Crippen LogP) is 3.24. The number of nitrogens with one attached hydrogen (secondary N) is 3. The van der Waals surface area contributed by atoms with Gasteiger partial charge in [-0.2, -0.15) is 0 Å². The first kappa shape index (κ1) is 30.3. The number of para-hydroxylation sites is 1. The van der Waals surface area contributed by atoms with Crippen LogP contribution >= 0.6 is 0 Å². The summed E-state index contributed by atoms with van der Waals surface area (Å²) in [5, 5.41) is 8.06. The van der Waals surface area contributed by atoms with Gasteiger partial charge in [-0.05, 0) is 30.7 Å². The SMILES string of the molecule is COC(=O)[C@H](CC(C)C)NC(=O)[C@H](CC(C)C)NC(=O)N[C@@H]1N=C(c2ccccc2)c2ccccc2N(C)C1=O. The van der Waals surface area contributed by atoms with E-state index in [0.29, 0.717) is 24.2 Å². The van der Waals surface area contributed by atoms with Crippen LogP contribution in [0.5, 0.6) is 0 Å². The molecule has 1 aliphatic heterocycles. The maximum Gasteiger partial charge on any atom is 0.328 e. The number of rotatable bonds is 10. The first-order chi connectivity index (χ1) is 19.0. The van der Waals surface area contributed by atoms with Crippen LogP contribution in [0.1, 0.15) is 51.7 Å². The molecule has 0 fully saturated rings. The number of benzene rings is 2. The van der Waals surface area contributed by atoms with Crippen LogP contribution < -0.4 is 20.9 Å². The minimum Gasteiger partial charge on any atom is -0.467 e. The minimum absolute atomic E-state index is 0.0561. The van der Waals surface area contributed by atoms with E-state index in [9.17, 15) is 19.2 Å². The maximum atomic E-state index is 13.4. The number of anilines is 1. The number of fused-ring (bicyclic) bond motifs is 1. The number of hydrogen-bond acceptors (Lipinski definition) is 6. The molecule has 0 aromatic heterocycles. The third kappa shape index (κ3) is 7.68. The van der Waals surface area contributed by atoms with E-state index in [0.717, 1.165) is 11.1 Å². The maximum absolute atomic E-state index is 13.4. The zero-order valence-electron chi connectivity index (χ0n) is 23.9. The summed E-state index contributed by atoms with van der Waals surface area (Å²) in [6.07, 6.45) is -0.532. The second-order valence-corrected chi connectivity index (χ2v) is 10.7. The van der Waals surface area contributed by atoms with E-state index < -0.39 is 42.1 Å². The van der Waals surface area contributed by atoms with E-state index in [1.54, 1.807) is 7.05 Å². The normalized spacial score (nSPS) is 16.4. The van der Waals surface area contributed by atoms with Gasteiger partial charge in [0.15, 0.2) is 0 Å². The Morgan fingerprint density at radius 3 is 2.12 bits per heavy atom. The van der Waals surface area contributed by atoms with Gasteiger partial charge in [0.25, 0.3) is 5.91 Å². The first-order valence-corrected chi connectivity index (χ1v) is 13.5. The van der Waals surface area contributed by atoms with Crippen LogP contribution in [-0.4, -0.2) is 61.9 Å². The van der Waals surface area contributed by atoms with Crippen LogP contribution in [0.2, 0.25) is 0 Å². The number of nitrogens with zero attached hydrogens (tertiary/aromatic N) is 2. The number of likely N-dealkylation sites (N-methyl/N-ethyl adjacent to an activating group) is 1. The Hall–Kier alpha value is -4.21. The van der Waals surface area contributed by atoms with Gasteiger partial charge in [-0.25, -0.2) is 14.6 Å². The number of methoxy groups -OCH3 is 1. The Balaban J connectivity index is 1.85. The van der Waals surface area contributed by atoms with Crippen molar-refractivity contribution >= 4 is 35.2 Å². The van der Waals surface area contributed by atoms with E-state index in [4.69, 9.17) is 4.74 Å². The molecule has 10 heteroatoms. The molecule has 4 amide bonds. The number of esters is 1. The lowest BCUT2D eigenvalue weighted by atomic mass is 10.0. The summed E-state index contributed by atoms with van der Waals surface area (Å²) in [6.45, 7) is 7.71. The lowest BCUT2D eigenvalue weighted by Crippen LogP contribution is -2.56. The molecule has 1 heterocycles. The molecule has 0 spiro atoms. The first-order valence-electron chi connectivity index (χ1n) is 13.5. The Bertz CT molecular complexity index is 1240. The van der Waals surface area contributed by atoms with Crippen LogP contribution in [0.25, 0.3) is 0 Å². The van der Waals surface area contributed by atoms with Gasteiger partial charge in [0.1, 0.15) is 12.1 Å². The third-order valence-electron chi connectivity index (χ3n) is 6.50. The molecule has 1 aliphatic rings. The summed E-state index contributed by atoms with van der Waals surface area (Å²) in [7, 11) is 2.90. The molecule has 0 bridgehead atoms. The number of ether oxygens (including phenoxy) is 1. The summed E-state index contributed by atoms with van der Waals surface area (Å²) in [5.74, 6) is -1.31. The molecule has 0 saturated heterocycles. The summed E-state index contributed by atoms with van der Waals surface area (Å²) < 4.78 is 4.85. The van der Waals surface area contributed by atoms with Crippen LogP contribution in [0.3, 0.4) is 0 Å². The van der Waals surface area contributed by atoms with Gasteiger partial charge in [0, 0.05) is 18.2 Å². The standard InChI is InChI=1S/C30H39N5O5/c1-18(2)16-22(27(36)31-23(17-19(3)4)29(38)40-6)32-30(39)34-26-28(37)35(5)24-15-11-10-14-21(24)25(33-26)20-12-8-7-9-13-20/h7-15,18-19,22-23,26H,16-17H2,1-6H3,(H,31,36)(H2,32,34,39)/t22-,23-,26-/m0/s1. The summed E-state index contributed by atoms with van der Waals surface area (Å²) in [4.78, 5) is 58.2. The predicted molar refractivity (Wildman–Crippen MR) is 154 cm³/mol. The van der Waals surface area contributed by atoms with E-state index in [1.807, 2.05) is 82.3 Å². The molecule has 3 atom stereocenters. The van der Waals surface area contributed by atoms with Crippen LogP contribution in [0.4, 0.5) is 10.5 Å². The molecule has 3 rings (SSSR count). The number of hydrogen-bond donors (Lipinski definition) is 3. The van der Waals surface area contributed by atoms with Gasteiger partial charge in [0.05, 0.1) is 18.5 Å². The molecule has 10 nitrogen and oxygen atoms in total. The summed E-state index contributed by atoms with van der Waals surface area (Å²) in [5.41, 5.74) is 2.77. The third-order valence-corrected chi connectivity index (χ3v) is 6.50. The van der Waals surface area contributed by atoms with Gasteiger partial charge in [-0.15, -0.1) is 0 Å². The van der Waals surface area contributed by atoms with Crippen molar-refractivity contribution in [2.45, 2.75) is 58.8 Å². The van der Waals surface area contributed by atoms with Crippen molar-refractivity contribution in [3.05, 3.63) is 65.7 Å². The van der Waals surface area contributed by atoms with Crippen LogP contribution in [-0.2, 0) is 19.1 Å². The van der Waals surface area contributed by atoms with Crippen molar-refractivity contribution in [3.63, 3.8) is 0 Å². The van der Waals surface area contributed by atoms with E-state index in [-0.39, 0.29) is 11.8 Å². The smallest absolute Gasteiger partial charge is 0.328 e. The molecule has 0 radical (unpaired) electrons. The monoisotopic (exact) mass is 549 g/mol. The number of amides is 4. The van der Waals surface area contributed by atoms with Gasteiger partial charge >= 0.3 is 12.0 Å². The molecule has 2 aromatic carbocycles. The molecule has 3 N–H and O–H groups in total. The lowest BCUT2D eigenvalue weighted by molar-refractivity contribution is -0.145. The van der Waals surface area contributed by atoms with Gasteiger partial charge in [0.2, 0.25) is 12.1 Å². The highest BCUT2D eigenvalue weighted by Crippen LogP contribution is 2.27. The highest BCUT2D eigenvalue weighted by Gasteiger charge is 2.33. The number of aliphatic imine (C=N–C) groups is 1. The highest BCUT2D eigenvalue weighted by atomic mass is 16.5. The van der Waals surface area contributed by atoms with Crippen LogP contribution in [0.15, 0.2) is 59.6 Å². The quantitative estimate of drug-likeness (QED) is 0.392. The molecule has 214 valence electrons. The molecule has 0 unspecified atom stereocenters. The van der Waals surface area contributed by atoms with Crippen molar-refractivity contribution < 1.29 is 23.9 Å². The Kier molecular flexibility index (Phi) is 10.4. The lowest BCUT2D eigenvalue weighted by Gasteiger charge is -2.25. The molecule has 2 aromatic rings. The van der Waals surface area contributed by atoms with E-state index in [1.165, 1.54) is 12.0 Å². The highest BCUT2D eigenvalue weighted by molar-refractivity contribution is 6.20. The van der Waals surface area contributed by atoms with Crippen molar-refractivity contribution in [1.82, 2.24) is 16.0 Å². The zero-order valence-corrected chi connectivity index (χ0v) is 23.9. The topological polar surface area (TPSA) is 129 Å². The van der Waals surface area contributed by atoms with Gasteiger partial charge in [-0.1, -0.05) is 76.2 Å². The fourth-order valence-corrected chi connectivity index (χ4v) is 4.57. The molecule has 0 saturated carbocycles. The minimum atomic E-state index is -1.24. The van der Waals surface area contributed by atoms with Crippen molar-refractivity contribution in [1.29, 1.82) is 0 Å². The molecule has 40 heavy (non-hydrogen) atoms. The Morgan fingerprint density at radius 2 is 1.50 bits per heavy atom. The Morgan fingerprint density at radius 1 is 0.900 bits per heavy atom. The van der Waals surface area contributed by atoms with Gasteiger partial charge < -0.3 is 25.6 Å². The van der Waals surface area contributed by atoms with Crippen LogP contribution in [0, 0.1) is 11.8 Å². The van der Waals surface area contributed by atoms with Crippen molar-refractivity contribution in [2.75, 3.05) is 19.1 Å². The second kappa shape index (κ2) is 13.7. The van der Waals surface area contributed by atoms with Gasteiger partial charge in [-0.3, -0.25) is 9.59 Å². The zero-order chi connectivity index (χ0) is 29.4. The summed E-state index contributed by atoms with van der Waals surface area (Å²) >= 11 is 0. The van der Waals surface area contributed by atoms with E-state index >= 15 is 0 Å².